The van der Waals surface area contributed by atoms with Gasteiger partial charge in [-0.3, -0.25) is 4.79 Å². The third-order valence-electron chi connectivity index (χ3n) is 5.86. The average Bonchev–Trinajstić information content (AvgIpc) is 3.08. The van der Waals surface area contributed by atoms with Gasteiger partial charge < -0.3 is 14.8 Å². The Kier molecular flexibility index (Phi) is 3.52. The van der Waals surface area contributed by atoms with Gasteiger partial charge in [-0.2, -0.15) is 0 Å². The third-order valence-corrected chi connectivity index (χ3v) is 6.50. The molecule has 1 saturated heterocycles. The molecule has 2 N–H and O–H groups in total. The fraction of sp³-hybridized carbons (Fsp3) is 0.227. The number of benzene rings is 2. The van der Waals surface area contributed by atoms with Crippen LogP contribution in [0.25, 0.3) is 10.9 Å². The molecule has 134 valence electrons. The van der Waals surface area contributed by atoms with E-state index in [4.69, 9.17) is 11.2 Å². The van der Waals surface area contributed by atoms with E-state index < -0.39 is 0 Å². The molecule has 4 nitrogen and oxygen atoms in total. The lowest BCUT2D eigenvalue weighted by Crippen LogP contribution is -2.40. The van der Waals surface area contributed by atoms with Crippen LogP contribution in [0.4, 0.5) is 0 Å². The Bertz CT molecular complexity index is 1160. The van der Waals surface area contributed by atoms with Gasteiger partial charge in [0.25, 0.3) is 0 Å². The fourth-order valence-electron chi connectivity index (χ4n) is 4.54. The highest BCUT2D eigenvalue weighted by molar-refractivity contribution is 9.10. The molecule has 0 amide bonds. The number of aromatic amines is 1. The fourth-order valence-corrected chi connectivity index (χ4v) is 4.88. The summed E-state index contributed by atoms with van der Waals surface area (Å²) >= 11 is 3.36. The van der Waals surface area contributed by atoms with Gasteiger partial charge in [-0.05, 0) is 58.6 Å². The van der Waals surface area contributed by atoms with Crippen LogP contribution in [0.5, 0.6) is 5.75 Å². The van der Waals surface area contributed by atoms with Crippen LogP contribution in [0.1, 0.15) is 45.6 Å². The number of fused-ring (bicyclic) bond motifs is 6. The zero-order chi connectivity index (χ0) is 18.8. The SMILES string of the molecule is C#Cc1ccc2c3c([nH]c2c1)C1(CCOCC1)c1cc(O)c(Br)cc1C3=O. The Labute approximate surface area is 164 Å². The van der Waals surface area contributed by atoms with Gasteiger partial charge >= 0.3 is 0 Å². The minimum atomic E-state index is -0.385. The topological polar surface area (TPSA) is 62.3 Å². The smallest absolute Gasteiger partial charge is 0.195 e. The standard InChI is InChI=1S/C22H16BrNO3/c1-2-12-3-4-13-17(9-12)24-21-19(13)20(26)14-10-16(23)18(25)11-15(14)22(21)5-7-27-8-6-22/h1,3-4,9-11,24-25H,5-8H2. The number of ether oxygens (including phenoxy) is 1. The molecule has 0 bridgehead atoms. The number of phenols is 1. The Morgan fingerprint density at radius 2 is 2.00 bits per heavy atom. The first-order chi connectivity index (χ1) is 13.0. The highest BCUT2D eigenvalue weighted by Gasteiger charge is 2.47. The highest BCUT2D eigenvalue weighted by atomic mass is 79.9. The molecule has 27 heavy (non-hydrogen) atoms. The van der Waals surface area contributed by atoms with E-state index in [2.05, 4.69) is 26.8 Å². The van der Waals surface area contributed by atoms with Gasteiger partial charge in [0.15, 0.2) is 5.78 Å². The van der Waals surface area contributed by atoms with Crippen molar-refractivity contribution in [1.29, 1.82) is 0 Å². The maximum Gasteiger partial charge on any atom is 0.195 e. The van der Waals surface area contributed by atoms with Gasteiger partial charge in [0.2, 0.25) is 0 Å². The van der Waals surface area contributed by atoms with Crippen molar-refractivity contribution in [2.24, 2.45) is 0 Å². The van der Waals surface area contributed by atoms with E-state index >= 15 is 0 Å². The van der Waals surface area contributed by atoms with Crippen molar-refractivity contribution >= 4 is 32.6 Å². The molecule has 3 aromatic rings. The largest absolute Gasteiger partial charge is 0.507 e. The number of aromatic nitrogens is 1. The van der Waals surface area contributed by atoms with Crippen LogP contribution >= 0.6 is 15.9 Å². The van der Waals surface area contributed by atoms with E-state index in [-0.39, 0.29) is 16.9 Å². The number of halogens is 1. The van der Waals surface area contributed by atoms with Gasteiger partial charge in [0.05, 0.1) is 10.0 Å². The lowest BCUT2D eigenvalue weighted by molar-refractivity contribution is 0.0601. The number of hydrogen-bond donors (Lipinski definition) is 2. The van der Waals surface area contributed by atoms with Crippen molar-refractivity contribution in [3.63, 3.8) is 0 Å². The van der Waals surface area contributed by atoms with Gasteiger partial charge in [-0.1, -0.05) is 12.0 Å². The Hall–Kier alpha value is -2.55. The van der Waals surface area contributed by atoms with Crippen molar-refractivity contribution in [2.45, 2.75) is 18.3 Å². The molecule has 2 heterocycles. The van der Waals surface area contributed by atoms with Crippen LogP contribution in [0.15, 0.2) is 34.8 Å². The first-order valence-corrected chi connectivity index (χ1v) is 9.63. The van der Waals surface area contributed by atoms with Gasteiger partial charge in [-0.15, -0.1) is 6.42 Å². The van der Waals surface area contributed by atoms with Crippen LogP contribution in [-0.4, -0.2) is 29.1 Å². The summed E-state index contributed by atoms with van der Waals surface area (Å²) in [5, 5.41) is 11.2. The summed E-state index contributed by atoms with van der Waals surface area (Å²) in [6.07, 6.45) is 7.04. The monoisotopic (exact) mass is 421 g/mol. The van der Waals surface area contributed by atoms with Crippen molar-refractivity contribution in [1.82, 2.24) is 4.98 Å². The van der Waals surface area contributed by atoms with E-state index in [0.717, 1.165) is 40.6 Å². The Balaban J connectivity index is 1.88. The van der Waals surface area contributed by atoms with Crippen LogP contribution in [0.2, 0.25) is 0 Å². The molecular formula is C22H16BrNO3. The molecule has 0 saturated carbocycles. The molecule has 5 heteroatoms. The zero-order valence-corrected chi connectivity index (χ0v) is 16.0. The molecule has 0 radical (unpaired) electrons. The zero-order valence-electron chi connectivity index (χ0n) is 14.4. The van der Waals surface area contributed by atoms with Crippen LogP contribution < -0.4 is 0 Å². The van der Waals surface area contributed by atoms with Crippen LogP contribution in [-0.2, 0) is 10.2 Å². The minimum Gasteiger partial charge on any atom is -0.507 e. The summed E-state index contributed by atoms with van der Waals surface area (Å²) in [4.78, 5) is 16.9. The number of ketones is 1. The molecule has 1 aliphatic carbocycles. The molecule has 2 aliphatic rings. The lowest BCUT2D eigenvalue weighted by Gasteiger charge is -2.41. The minimum absolute atomic E-state index is 0.0301. The number of rotatable bonds is 0. The summed E-state index contributed by atoms with van der Waals surface area (Å²) in [5.74, 6) is 2.76. The van der Waals surface area contributed by atoms with Gasteiger partial charge in [-0.25, -0.2) is 0 Å². The number of aromatic hydroxyl groups is 1. The quantitative estimate of drug-likeness (QED) is 0.533. The number of nitrogens with one attached hydrogen (secondary N) is 1. The maximum atomic E-state index is 13.4. The molecular weight excluding hydrogens is 406 g/mol. The first-order valence-electron chi connectivity index (χ1n) is 8.83. The highest BCUT2D eigenvalue weighted by Crippen LogP contribution is 2.51. The second-order valence-electron chi connectivity index (χ2n) is 7.15. The first kappa shape index (κ1) is 16.6. The molecule has 0 atom stereocenters. The number of hydrogen-bond acceptors (Lipinski definition) is 3. The average molecular weight is 422 g/mol. The Morgan fingerprint density at radius 1 is 1.22 bits per heavy atom. The summed E-state index contributed by atoms with van der Waals surface area (Å²) in [6.45, 7) is 1.21. The van der Waals surface area contributed by atoms with E-state index in [1.807, 2.05) is 18.2 Å². The molecule has 1 fully saturated rings. The summed E-state index contributed by atoms with van der Waals surface area (Å²) in [7, 11) is 0. The van der Waals surface area contributed by atoms with Crippen molar-refractivity contribution < 1.29 is 14.6 Å². The Morgan fingerprint density at radius 3 is 2.74 bits per heavy atom. The van der Waals surface area contributed by atoms with E-state index in [1.165, 1.54) is 0 Å². The summed E-state index contributed by atoms with van der Waals surface area (Å²) in [6, 6.07) is 9.16. The predicted molar refractivity (Wildman–Crippen MR) is 106 cm³/mol. The number of phenolic OH excluding ortho intramolecular Hbond substituents is 1. The van der Waals surface area contributed by atoms with Crippen LogP contribution in [0.3, 0.4) is 0 Å². The molecule has 2 aromatic carbocycles. The number of carbonyl (C=O) groups is 1. The molecule has 5 rings (SSSR count). The van der Waals surface area contributed by atoms with Crippen LogP contribution in [0, 0.1) is 12.3 Å². The number of terminal acetylenes is 1. The van der Waals surface area contributed by atoms with Gasteiger partial charge in [0.1, 0.15) is 5.75 Å². The van der Waals surface area contributed by atoms with E-state index in [1.54, 1.807) is 12.1 Å². The molecule has 1 spiro atoms. The molecule has 1 aromatic heterocycles. The second kappa shape index (κ2) is 5.72. The van der Waals surface area contributed by atoms with Crippen molar-refractivity contribution in [3.8, 4) is 18.1 Å². The molecule has 0 unspecified atom stereocenters. The normalized spacial score (nSPS) is 17.6. The summed E-state index contributed by atoms with van der Waals surface area (Å²) in [5.41, 5.74) is 4.38. The molecule has 1 aliphatic heterocycles. The number of carbonyl (C=O) groups excluding carboxylic acids is 1. The summed E-state index contributed by atoms with van der Waals surface area (Å²) < 4.78 is 6.14. The predicted octanol–water partition coefficient (Wildman–Crippen LogP) is 4.26. The maximum absolute atomic E-state index is 13.4. The third kappa shape index (κ3) is 2.17. The van der Waals surface area contributed by atoms with Crippen molar-refractivity contribution in [2.75, 3.05) is 13.2 Å². The second-order valence-corrected chi connectivity index (χ2v) is 8.01. The lowest BCUT2D eigenvalue weighted by atomic mass is 9.64. The van der Waals surface area contributed by atoms with E-state index in [9.17, 15) is 9.90 Å². The number of H-pyrrole nitrogens is 1. The van der Waals surface area contributed by atoms with E-state index in [0.29, 0.717) is 28.8 Å². The van der Waals surface area contributed by atoms with Crippen molar-refractivity contribution in [3.05, 3.63) is 62.8 Å². The van der Waals surface area contributed by atoms with Gasteiger partial charge in [0, 0.05) is 46.4 Å².